The van der Waals surface area contributed by atoms with Gasteiger partial charge < -0.3 is 0 Å². The highest BCUT2D eigenvalue weighted by molar-refractivity contribution is 6.34. The van der Waals surface area contributed by atoms with Crippen LogP contribution < -0.4 is 0 Å². The number of rotatable bonds is 1. The lowest BCUT2D eigenvalue weighted by molar-refractivity contribution is -0.137. The highest BCUT2D eigenvalue weighted by Gasteiger charge is 2.37. The van der Waals surface area contributed by atoms with Crippen LogP contribution in [0.2, 0.25) is 5.02 Å². The average molecular weight is 329 g/mol. The molecule has 0 bridgehead atoms. The SMILES string of the molecule is Cc1nn(C(=O)c2c(Cl)cccc2C(F)(F)F)c2c1CCC2. The lowest BCUT2D eigenvalue weighted by atomic mass is 10.1. The van der Waals surface area contributed by atoms with Crippen molar-refractivity contribution in [3.05, 3.63) is 51.3 Å². The Labute approximate surface area is 129 Å². The molecule has 22 heavy (non-hydrogen) atoms. The van der Waals surface area contributed by atoms with Crippen LogP contribution in [0.1, 0.15) is 39.3 Å². The maximum absolute atomic E-state index is 13.1. The van der Waals surface area contributed by atoms with Gasteiger partial charge in [0.2, 0.25) is 0 Å². The fourth-order valence-corrected chi connectivity index (χ4v) is 3.13. The summed E-state index contributed by atoms with van der Waals surface area (Å²) in [5, 5.41) is 3.89. The highest BCUT2D eigenvalue weighted by atomic mass is 35.5. The number of alkyl halides is 3. The number of aryl methyl sites for hydroxylation is 1. The lowest BCUT2D eigenvalue weighted by Crippen LogP contribution is -2.21. The van der Waals surface area contributed by atoms with Gasteiger partial charge in [0, 0.05) is 0 Å². The third kappa shape index (κ3) is 2.31. The van der Waals surface area contributed by atoms with Crippen LogP contribution in [-0.4, -0.2) is 15.7 Å². The number of hydrogen-bond donors (Lipinski definition) is 0. The van der Waals surface area contributed by atoms with Gasteiger partial charge in [0.25, 0.3) is 5.91 Å². The molecule has 116 valence electrons. The van der Waals surface area contributed by atoms with E-state index in [9.17, 15) is 18.0 Å². The number of halogens is 4. The monoisotopic (exact) mass is 328 g/mol. The number of aromatic nitrogens is 2. The molecule has 1 heterocycles. The Balaban J connectivity index is 2.17. The first-order valence-electron chi connectivity index (χ1n) is 6.78. The molecule has 7 heteroatoms. The van der Waals surface area contributed by atoms with E-state index in [1.165, 1.54) is 12.1 Å². The van der Waals surface area contributed by atoms with Gasteiger partial charge in [-0.2, -0.15) is 18.3 Å². The maximum Gasteiger partial charge on any atom is 0.417 e. The molecule has 1 aliphatic rings. The van der Waals surface area contributed by atoms with Crippen LogP contribution in [0.25, 0.3) is 0 Å². The van der Waals surface area contributed by atoms with Gasteiger partial charge >= 0.3 is 6.18 Å². The Kier molecular flexibility index (Phi) is 3.51. The number of carbonyl (C=O) groups is 1. The summed E-state index contributed by atoms with van der Waals surface area (Å²) in [4.78, 5) is 12.6. The third-order valence-corrected chi connectivity index (χ3v) is 4.17. The number of hydrogen-bond acceptors (Lipinski definition) is 2. The van der Waals surface area contributed by atoms with Gasteiger partial charge in [0.15, 0.2) is 0 Å². The molecule has 0 N–H and O–H groups in total. The zero-order valence-corrected chi connectivity index (χ0v) is 12.4. The normalized spacial score (nSPS) is 14.2. The standard InChI is InChI=1S/C15H12ClF3N2O/c1-8-9-4-2-7-12(9)21(20-8)14(22)13-10(15(17,18)19)5-3-6-11(13)16/h3,5-6H,2,4,7H2,1H3. The van der Waals surface area contributed by atoms with Crippen molar-refractivity contribution in [1.29, 1.82) is 0 Å². The van der Waals surface area contributed by atoms with Crippen molar-refractivity contribution in [1.82, 2.24) is 9.78 Å². The highest BCUT2D eigenvalue weighted by Crippen LogP contribution is 2.36. The van der Waals surface area contributed by atoms with E-state index < -0.39 is 23.2 Å². The zero-order valence-electron chi connectivity index (χ0n) is 11.7. The zero-order chi connectivity index (χ0) is 16.1. The Hall–Kier alpha value is -1.82. The molecule has 0 amide bonds. The minimum atomic E-state index is -4.65. The Morgan fingerprint density at radius 3 is 2.73 bits per heavy atom. The summed E-state index contributed by atoms with van der Waals surface area (Å²) >= 11 is 5.88. The summed E-state index contributed by atoms with van der Waals surface area (Å²) < 4.78 is 40.5. The van der Waals surface area contributed by atoms with Crippen LogP contribution in [-0.2, 0) is 19.0 Å². The second kappa shape index (κ2) is 5.12. The molecule has 1 aromatic heterocycles. The number of carbonyl (C=O) groups excluding carboxylic acids is 1. The van der Waals surface area contributed by atoms with E-state index >= 15 is 0 Å². The van der Waals surface area contributed by atoms with E-state index in [2.05, 4.69) is 5.10 Å². The van der Waals surface area contributed by atoms with E-state index in [1.807, 2.05) is 0 Å². The van der Waals surface area contributed by atoms with Crippen LogP contribution in [0, 0.1) is 6.92 Å². The molecular weight excluding hydrogens is 317 g/mol. The van der Waals surface area contributed by atoms with Gasteiger partial charge in [-0.25, -0.2) is 4.68 Å². The van der Waals surface area contributed by atoms with Crippen LogP contribution >= 0.6 is 11.6 Å². The molecule has 0 spiro atoms. The van der Waals surface area contributed by atoms with Gasteiger partial charge in [0.05, 0.1) is 27.5 Å². The van der Waals surface area contributed by atoms with E-state index in [0.717, 1.165) is 29.2 Å². The fraction of sp³-hybridized carbons (Fsp3) is 0.333. The van der Waals surface area contributed by atoms with Crippen LogP contribution in [0.15, 0.2) is 18.2 Å². The van der Waals surface area contributed by atoms with Gasteiger partial charge in [-0.15, -0.1) is 0 Å². The predicted octanol–water partition coefficient (Wildman–Crippen LogP) is 4.04. The molecule has 1 aromatic carbocycles. The number of fused-ring (bicyclic) bond motifs is 1. The van der Waals surface area contributed by atoms with Gasteiger partial charge in [-0.3, -0.25) is 4.79 Å². The first kappa shape index (κ1) is 15.1. The first-order valence-corrected chi connectivity index (χ1v) is 7.16. The first-order chi connectivity index (χ1) is 10.3. The van der Waals surface area contributed by atoms with E-state index in [0.29, 0.717) is 17.8 Å². The van der Waals surface area contributed by atoms with Crippen molar-refractivity contribution < 1.29 is 18.0 Å². The summed E-state index contributed by atoms with van der Waals surface area (Å²) in [5.74, 6) is -0.829. The van der Waals surface area contributed by atoms with Crippen LogP contribution in [0.5, 0.6) is 0 Å². The Morgan fingerprint density at radius 1 is 1.32 bits per heavy atom. The van der Waals surface area contributed by atoms with Crippen molar-refractivity contribution in [3.63, 3.8) is 0 Å². The number of benzene rings is 1. The smallest absolute Gasteiger partial charge is 0.267 e. The second-order valence-corrected chi connectivity index (χ2v) is 5.65. The van der Waals surface area contributed by atoms with Gasteiger partial charge in [-0.05, 0) is 43.9 Å². The predicted molar refractivity (Wildman–Crippen MR) is 75.2 cm³/mol. The van der Waals surface area contributed by atoms with Gasteiger partial charge in [0.1, 0.15) is 0 Å². The Bertz CT molecular complexity index is 765. The van der Waals surface area contributed by atoms with Crippen LogP contribution in [0.3, 0.4) is 0 Å². The van der Waals surface area contributed by atoms with Crippen molar-refractivity contribution in [2.75, 3.05) is 0 Å². The topological polar surface area (TPSA) is 34.9 Å². The molecule has 0 aliphatic heterocycles. The lowest BCUT2D eigenvalue weighted by Gasteiger charge is -2.14. The fourth-order valence-electron chi connectivity index (χ4n) is 2.87. The van der Waals surface area contributed by atoms with Crippen molar-refractivity contribution in [2.24, 2.45) is 0 Å². The van der Waals surface area contributed by atoms with Crippen LogP contribution in [0.4, 0.5) is 13.2 Å². The molecule has 0 unspecified atom stereocenters. The molecule has 0 saturated carbocycles. The van der Waals surface area contributed by atoms with Crippen molar-refractivity contribution in [3.8, 4) is 0 Å². The average Bonchev–Trinajstić information content (AvgIpc) is 3.01. The molecule has 3 nitrogen and oxygen atoms in total. The van der Waals surface area contributed by atoms with E-state index in [-0.39, 0.29) is 5.02 Å². The molecule has 3 rings (SSSR count). The summed E-state index contributed by atoms with van der Waals surface area (Å²) in [6.45, 7) is 1.76. The molecule has 0 atom stereocenters. The largest absolute Gasteiger partial charge is 0.417 e. The van der Waals surface area contributed by atoms with E-state index in [4.69, 9.17) is 11.6 Å². The van der Waals surface area contributed by atoms with E-state index in [1.54, 1.807) is 6.92 Å². The molecular formula is C15H12ClF3N2O. The maximum atomic E-state index is 13.1. The summed E-state index contributed by atoms with van der Waals surface area (Å²) in [5.41, 5.74) is 0.740. The Morgan fingerprint density at radius 2 is 2.05 bits per heavy atom. The van der Waals surface area contributed by atoms with Crippen molar-refractivity contribution >= 4 is 17.5 Å². The third-order valence-electron chi connectivity index (χ3n) is 3.86. The quantitative estimate of drug-likeness (QED) is 0.792. The minimum absolute atomic E-state index is 0.222. The minimum Gasteiger partial charge on any atom is -0.267 e. The molecule has 0 saturated heterocycles. The molecule has 1 aliphatic carbocycles. The molecule has 0 radical (unpaired) electrons. The molecule has 0 fully saturated rings. The van der Waals surface area contributed by atoms with Crippen molar-refractivity contribution in [2.45, 2.75) is 32.4 Å². The van der Waals surface area contributed by atoms with Gasteiger partial charge in [-0.1, -0.05) is 17.7 Å². The number of nitrogens with zero attached hydrogens (tertiary/aromatic N) is 2. The summed E-state index contributed by atoms with van der Waals surface area (Å²) in [6, 6.07) is 3.32. The summed E-state index contributed by atoms with van der Waals surface area (Å²) in [7, 11) is 0. The summed E-state index contributed by atoms with van der Waals surface area (Å²) in [6.07, 6.45) is -2.35. The second-order valence-electron chi connectivity index (χ2n) is 5.24. The molecule has 2 aromatic rings.